The number of benzene rings is 1. The Labute approximate surface area is 124 Å². The lowest BCUT2D eigenvalue weighted by Gasteiger charge is -2.02. The molecule has 0 N–H and O–H groups in total. The molecule has 0 aliphatic rings. The van der Waals surface area contributed by atoms with Crippen LogP contribution >= 0.6 is 24.0 Å². The van der Waals surface area contributed by atoms with E-state index >= 15 is 0 Å². The zero-order valence-corrected chi connectivity index (χ0v) is 13.1. The number of aromatic nitrogens is 1. The first kappa shape index (κ1) is 15.1. The van der Waals surface area contributed by atoms with E-state index in [4.69, 9.17) is 0 Å². The average molecular weight is 376 g/mol. The fourth-order valence-corrected chi connectivity index (χ4v) is 3.04. The second-order valence-electron chi connectivity index (χ2n) is 3.88. The first-order chi connectivity index (χ1) is 8.09. The molecule has 0 fully saturated rings. The number of halogens is 1. The number of nitrogens with zero attached hydrogens (tertiary/aromatic N) is 1. The molecular weight excluding hydrogens is 361 g/mol. The van der Waals surface area contributed by atoms with Gasteiger partial charge in [0, 0.05) is 12.1 Å². The van der Waals surface area contributed by atoms with Gasteiger partial charge in [0.2, 0.25) is 0 Å². The Morgan fingerprint density at radius 2 is 1.61 bits per heavy atom. The third kappa shape index (κ3) is 3.52. The molecule has 0 saturated heterocycles. The van der Waals surface area contributed by atoms with E-state index in [-0.39, 0.29) is 29.7 Å². The highest BCUT2D eigenvalue weighted by Crippen LogP contribution is 2.13. The maximum Gasteiger partial charge on any atom is 0.196 e. The Morgan fingerprint density at radius 3 is 2.22 bits per heavy atom. The molecule has 1 aromatic heterocycles. The van der Waals surface area contributed by atoms with Crippen LogP contribution in [0.5, 0.6) is 0 Å². The van der Waals surface area contributed by atoms with Gasteiger partial charge < -0.3 is 0 Å². The van der Waals surface area contributed by atoms with Crippen molar-refractivity contribution in [2.75, 3.05) is 0 Å². The first-order valence-electron chi connectivity index (χ1n) is 5.31. The molecule has 0 amide bonds. The van der Waals surface area contributed by atoms with Gasteiger partial charge in [-0.2, -0.15) is 0 Å². The van der Waals surface area contributed by atoms with Crippen molar-refractivity contribution in [1.82, 2.24) is 0 Å². The van der Waals surface area contributed by atoms with Gasteiger partial charge in [-0.3, -0.25) is 0 Å². The van der Waals surface area contributed by atoms with Crippen LogP contribution in [0.3, 0.4) is 0 Å². The van der Waals surface area contributed by atoms with Crippen molar-refractivity contribution < 1.29 is 13.0 Å². The van der Waals surface area contributed by atoms with Gasteiger partial charge >= 0.3 is 0 Å². The molecule has 1 heterocycles. The number of rotatable bonds is 3. The smallest absolute Gasteiger partial charge is 0.196 e. The molecule has 0 bridgehead atoms. The Kier molecular flexibility index (Phi) is 5.28. The predicted octanol–water partition coefficient (Wildman–Crippen LogP) is 2.10. The quantitative estimate of drug-likeness (QED) is 0.608. The second-order valence-corrected chi connectivity index (χ2v) is 5.86. The SMILES string of the molecule is C[n+]1ccccc1CS(=O)(=O)c1ccccc1.I. The largest absolute Gasteiger partial charge is 0.223 e. The summed E-state index contributed by atoms with van der Waals surface area (Å²) in [5.41, 5.74) is 0.774. The van der Waals surface area contributed by atoms with Crippen molar-refractivity contribution in [3.8, 4) is 0 Å². The Morgan fingerprint density at radius 1 is 1.00 bits per heavy atom. The van der Waals surface area contributed by atoms with Crippen molar-refractivity contribution in [3.05, 3.63) is 60.4 Å². The van der Waals surface area contributed by atoms with Crippen molar-refractivity contribution >= 4 is 33.8 Å². The minimum Gasteiger partial charge on any atom is -0.223 e. The van der Waals surface area contributed by atoms with Gasteiger partial charge in [0.05, 0.1) is 4.90 Å². The van der Waals surface area contributed by atoms with Crippen molar-refractivity contribution in [2.45, 2.75) is 10.6 Å². The monoisotopic (exact) mass is 376 g/mol. The van der Waals surface area contributed by atoms with E-state index in [1.165, 1.54) is 0 Å². The van der Waals surface area contributed by atoms with Gasteiger partial charge in [0.15, 0.2) is 21.7 Å². The van der Waals surface area contributed by atoms with Gasteiger partial charge in [-0.15, -0.1) is 24.0 Å². The van der Waals surface area contributed by atoms with E-state index in [1.807, 2.05) is 42.1 Å². The first-order valence-corrected chi connectivity index (χ1v) is 6.96. The van der Waals surface area contributed by atoms with Crippen LogP contribution < -0.4 is 4.57 Å². The lowest BCUT2D eigenvalue weighted by atomic mass is 10.4. The lowest BCUT2D eigenvalue weighted by molar-refractivity contribution is -0.678. The Bertz CT molecular complexity index is 612. The molecule has 0 unspecified atom stereocenters. The van der Waals surface area contributed by atoms with Gasteiger partial charge in [0.1, 0.15) is 12.8 Å². The Balaban J connectivity index is 0.00000162. The van der Waals surface area contributed by atoms with Crippen molar-refractivity contribution in [3.63, 3.8) is 0 Å². The summed E-state index contributed by atoms with van der Waals surface area (Å²) in [4.78, 5) is 0.365. The highest BCUT2D eigenvalue weighted by Gasteiger charge is 2.19. The summed E-state index contributed by atoms with van der Waals surface area (Å²) in [6.45, 7) is 0. The van der Waals surface area contributed by atoms with E-state index < -0.39 is 9.84 Å². The lowest BCUT2D eigenvalue weighted by Crippen LogP contribution is -2.33. The molecule has 0 spiro atoms. The van der Waals surface area contributed by atoms with Crippen LogP contribution in [0.2, 0.25) is 0 Å². The Hall–Kier alpha value is -0.950. The van der Waals surface area contributed by atoms with E-state index in [0.29, 0.717) is 4.90 Å². The molecule has 5 heteroatoms. The molecule has 18 heavy (non-hydrogen) atoms. The van der Waals surface area contributed by atoms with Gasteiger partial charge in [0.25, 0.3) is 0 Å². The van der Waals surface area contributed by atoms with Crippen molar-refractivity contribution in [2.24, 2.45) is 7.05 Å². The van der Waals surface area contributed by atoms with E-state index in [9.17, 15) is 8.42 Å². The van der Waals surface area contributed by atoms with Gasteiger partial charge in [-0.1, -0.05) is 24.3 Å². The molecular formula is C13H15INO2S+. The number of hydrogen-bond acceptors (Lipinski definition) is 2. The van der Waals surface area contributed by atoms with E-state index in [0.717, 1.165) is 5.69 Å². The number of aryl methyl sites for hydroxylation is 1. The zero-order valence-electron chi connectivity index (χ0n) is 9.98. The fourth-order valence-electron chi connectivity index (χ4n) is 1.61. The molecule has 96 valence electrons. The van der Waals surface area contributed by atoms with Crippen LogP contribution in [0.1, 0.15) is 5.69 Å². The van der Waals surface area contributed by atoms with Crippen molar-refractivity contribution in [1.29, 1.82) is 0 Å². The standard InChI is InChI=1S/C13H14NO2S.HI/c1-14-10-6-5-7-12(14)11-17(15,16)13-8-3-2-4-9-13;/h2-10H,11H2,1H3;1H/q+1;. The predicted molar refractivity (Wildman–Crippen MR) is 80.4 cm³/mol. The topological polar surface area (TPSA) is 38.0 Å². The van der Waals surface area contributed by atoms with Crippen LogP contribution in [-0.2, 0) is 22.6 Å². The highest BCUT2D eigenvalue weighted by atomic mass is 127. The van der Waals surface area contributed by atoms with Crippen LogP contribution in [0.25, 0.3) is 0 Å². The third-order valence-electron chi connectivity index (χ3n) is 2.60. The summed E-state index contributed by atoms with van der Waals surface area (Å²) in [6.07, 6.45) is 1.84. The number of sulfone groups is 1. The molecule has 0 aliphatic heterocycles. The number of pyridine rings is 1. The second kappa shape index (κ2) is 6.29. The van der Waals surface area contributed by atoms with Gasteiger partial charge in [-0.25, -0.2) is 13.0 Å². The zero-order chi connectivity index (χ0) is 12.3. The van der Waals surface area contributed by atoms with Crippen LogP contribution in [0.15, 0.2) is 59.6 Å². The molecule has 0 radical (unpaired) electrons. The minimum atomic E-state index is -3.26. The van der Waals surface area contributed by atoms with E-state index in [1.54, 1.807) is 24.3 Å². The molecule has 0 atom stereocenters. The summed E-state index contributed by atoms with van der Waals surface area (Å²) < 4.78 is 26.1. The molecule has 0 aliphatic carbocycles. The molecule has 1 aromatic carbocycles. The molecule has 2 rings (SSSR count). The normalized spacial score (nSPS) is 10.7. The highest BCUT2D eigenvalue weighted by molar-refractivity contribution is 14.0. The maximum absolute atomic E-state index is 12.1. The third-order valence-corrected chi connectivity index (χ3v) is 4.27. The van der Waals surface area contributed by atoms with Crippen LogP contribution in [0, 0.1) is 0 Å². The minimum absolute atomic E-state index is 0. The molecule has 2 aromatic rings. The van der Waals surface area contributed by atoms with Gasteiger partial charge in [-0.05, 0) is 12.1 Å². The van der Waals surface area contributed by atoms with Crippen LogP contribution in [-0.4, -0.2) is 8.42 Å². The summed E-state index contributed by atoms with van der Waals surface area (Å²) in [5, 5.41) is 0. The van der Waals surface area contributed by atoms with E-state index in [2.05, 4.69) is 0 Å². The number of hydrogen-bond donors (Lipinski definition) is 0. The summed E-state index contributed by atoms with van der Waals surface area (Å²) in [6, 6.07) is 14.1. The molecule has 3 nitrogen and oxygen atoms in total. The maximum atomic E-state index is 12.1. The summed E-state index contributed by atoms with van der Waals surface area (Å²) in [5.74, 6) is 0.0222. The van der Waals surface area contributed by atoms with Crippen LogP contribution in [0.4, 0.5) is 0 Å². The average Bonchev–Trinajstić information content (AvgIpc) is 2.33. The summed E-state index contributed by atoms with van der Waals surface area (Å²) in [7, 11) is -1.41. The summed E-state index contributed by atoms with van der Waals surface area (Å²) >= 11 is 0. The fraction of sp³-hybridized carbons (Fsp3) is 0.154. The molecule has 0 saturated carbocycles.